The first kappa shape index (κ1) is 17.3. The highest BCUT2D eigenvalue weighted by Crippen LogP contribution is 2.37. The van der Waals surface area contributed by atoms with Crippen LogP contribution in [0.5, 0.6) is 0 Å². The highest BCUT2D eigenvalue weighted by atomic mass is 35.5. The fourth-order valence-electron chi connectivity index (χ4n) is 5.08. The van der Waals surface area contributed by atoms with Gasteiger partial charge in [-0.1, -0.05) is 11.6 Å². The van der Waals surface area contributed by atoms with Gasteiger partial charge >= 0.3 is 0 Å². The van der Waals surface area contributed by atoms with Crippen molar-refractivity contribution in [2.24, 2.45) is 23.5 Å². The first-order valence-corrected chi connectivity index (χ1v) is 10.3. The summed E-state index contributed by atoms with van der Waals surface area (Å²) in [6.45, 7) is 3.18. The van der Waals surface area contributed by atoms with Gasteiger partial charge in [-0.25, -0.2) is 0 Å². The molecule has 3 fully saturated rings. The Morgan fingerprint density at radius 1 is 1.19 bits per heavy atom. The van der Waals surface area contributed by atoms with Crippen LogP contribution in [0.3, 0.4) is 0 Å². The lowest BCUT2D eigenvalue weighted by atomic mass is 9.90. The Balaban J connectivity index is 1.31. The molecule has 144 valence electrons. The van der Waals surface area contributed by atoms with Gasteiger partial charge < -0.3 is 20.0 Å². The second-order valence-corrected chi connectivity index (χ2v) is 8.75. The molecular weight excluding hydrogens is 364 g/mol. The van der Waals surface area contributed by atoms with E-state index in [9.17, 15) is 4.79 Å². The number of oxazole rings is 1. The Morgan fingerprint density at radius 2 is 1.96 bits per heavy atom. The molecule has 0 spiro atoms. The molecule has 5 rings (SSSR count). The summed E-state index contributed by atoms with van der Waals surface area (Å²) in [5.41, 5.74) is 7.78. The van der Waals surface area contributed by atoms with Crippen molar-refractivity contribution < 1.29 is 9.21 Å². The van der Waals surface area contributed by atoms with Crippen LogP contribution in [0.15, 0.2) is 22.6 Å². The van der Waals surface area contributed by atoms with Gasteiger partial charge in [-0.15, -0.1) is 0 Å². The highest BCUT2D eigenvalue weighted by molar-refractivity contribution is 6.31. The number of fused-ring (bicyclic) bond motifs is 3. The van der Waals surface area contributed by atoms with E-state index in [2.05, 4.69) is 14.8 Å². The van der Waals surface area contributed by atoms with Crippen LogP contribution in [0.2, 0.25) is 5.02 Å². The predicted octanol–water partition coefficient (Wildman–Crippen LogP) is 2.89. The standard InChI is InChI=1S/C20H25ClN4O2/c21-15-5-6-17-16(8-15)23-20(27-17)24-7-1-2-14(11-24)19(26)25-9-12-3-4-13(10-25)18(12)22/h5-6,8,12-14,18H,1-4,7,9-11,22H2/t12-,13+,14?,18?. The molecule has 4 atom stereocenters. The molecule has 1 aromatic heterocycles. The summed E-state index contributed by atoms with van der Waals surface area (Å²) >= 11 is 6.05. The van der Waals surface area contributed by atoms with Gasteiger partial charge in [0, 0.05) is 37.2 Å². The number of anilines is 1. The van der Waals surface area contributed by atoms with Crippen molar-refractivity contribution in [2.75, 3.05) is 31.1 Å². The van der Waals surface area contributed by atoms with Crippen molar-refractivity contribution >= 4 is 34.6 Å². The first-order valence-electron chi connectivity index (χ1n) is 9.94. The highest BCUT2D eigenvalue weighted by Gasteiger charge is 2.43. The number of hydrogen-bond acceptors (Lipinski definition) is 5. The monoisotopic (exact) mass is 388 g/mol. The zero-order valence-electron chi connectivity index (χ0n) is 15.3. The molecule has 3 aliphatic rings. The van der Waals surface area contributed by atoms with Crippen LogP contribution in [-0.2, 0) is 4.79 Å². The summed E-state index contributed by atoms with van der Waals surface area (Å²) < 4.78 is 5.91. The Kier molecular flexibility index (Phi) is 4.28. The second-order valence-electron chi connectivity index (χ2n) is 8.31. The third-order valence-corrected chi connectivity index (χ3v) is 6.83. The zero-order valence-corrected chi connectivity index (χ0v) is 16.1. The number of rotatable bonds is 2. The topological polar surface area (TPSA) is 75.6 Å². The Hall–Kier alpha value is -1.79. The van der Waals surface area contributed by atoms with Crippen LogP contribution in [0, 0.1) is 17.8 Å². The van der Waals surface area contributed by atoms with E-state index in [1.54, 1.807) is 6.07 Å². The van der Waals surface area contributed by atoms with Gasteiger partial charge in [-0.05, 0) is 55.7 Å². The second kappa shape index (κ2) is 6.67. The lowest BCUT2D eigenvalue weighted by Crippen LogP contribution is -2.53. The van der Waals surface area contributed by atoms with Crippen LogP contribution < -0.4 is 10.6 Å². The van der Waals surface area contributed by atoms with E-state index in [0.29, 0.717) is 29.4 Å². The number of piperidine rings is 2. The van der Waals surface area contributed by atoms with E-state index in [1.807, 2.05) is 12.1 Å². The van der Waals surface area contributed by atoms with E-state index in [4.69, 9.17) is 21.8 Å². The number of likely N-dealkylation sites (tertiary alicyclic amines) is 1. The molecule has 2 saturated heterocycles. The summed E-state index contributed by atoms with van der Waals surface area (Å²) in [5.74, 6) is 1.25. The molecule has 2 bridgehead atoms. The number of hydrogen-bond donors (Lipinski definition) is 1. The number of nitrogens with zero attached hydrogens (tertiary/aromatic N) is 3. The zero-order chi connectivity index (χ0) is 18.5. The maximum Gasteiger partial charge on any atom is 0.298 e. The Morgan fingerprint density at radius 3 is 2.74 bits per heavy atom. The third kappa shape index (κ3) is 3.09. The van der Waals surface area contributed by atoms with Gasteiger partial charge in [-0.2, -0.15) is 4.98 Å². The SMILES string of the molecule is NC1[C@@H]2CC[C@H]1CN(C(=O)C1CCCN(c3nc4cc(Cl)ccc4o3)C1)C2. The number of carbonyl (C=O) groups excluding carboxylic acids is 1. The van der Waals surface area contributed by atoms with E-state index < -0.39 is 0 Å². The number of benzene rings is 1. The lowest BCUT2D eigenvalue weighted by Gasteiger charge is -2.39. The average Bonchev–Trinajstić information content (AvgIpc) is 3.16. The van der Waals surface area contributed by atoms with Crippen molar-refractivity contribution in [3.63, 3.8) is 0 Å². The van der Waals surface area contributed by atoms with Crippen LogP contribution in [0.1, 0.15) is 25.7 Å². The van der Waals surface area contributed by atoms with E-state index in [0.717, 1.165) is 56.4 Å². The predicted molar refractivity (Wildman–Crippen MR) is 105 cm³/mol. The third-order valence-electron chi connectivity index (χ3n) is 6.60. The van der Waals surface area contributed by atoms with Gasteiger partial charge in [0.25, 0.3) is 6.01 Å². The normalized spacial score (nSPS) is 30.9. The molecule has 2 N–H and O–H groups in total. The molecule has 2 unspecified atom stereocenters. The number of carbonyl (C=O) groups is 1. The molecule has 27 heavy (non-hydrogen) atoms. The minimum atomic E-state index is 0.00562. The summed E-state index contributed by atoms with van der Waals surface area (Å²) in [4.78, 5) is 21.9. The molecule has 1 aliphatic carbocycles. The minimum Gasteiger partial charge on any atom is -0.423 e. The van der Waals surface area contributed by atoms with Crippen molar-refractivity contribution in [3.05, 3.63) is 23.2 Å². The van der Waals surface area contributed by atoms with Crippen LogP contribution in [-0.4, -0.2) is 48.0 Å². The fraction of sp³-hybridized carbons (Fsp3) is 0.600. The molecule has 1 saturated carbocycles. The largest absolute Gasteiger partial charge is 0.423 e. The first-order chi connectivity index (χ1) is 13.1. The smallest absolute Gasteiger partial charge is 0.298 e. The Labute approximate surface area is 163 Å². The average molecular weight is 389 g/mol. The molecule has 3 heterocycles. The molecule has 2 aromatic rings. The van der Waals surface area contributed by atoms with Gasteiger partial charge in [-0.3, -0.25) is 4.79 Å². The molecular formula is C20H25ClN4O2. The maximum atomic E-state index is 13.2. The van der Waals surface area contributed by atoms with Crippen molar-refractivity contribution in [1.82, 2.24) is 9.88 Å². The number of aromatic nitrogens is 1. The number of nitrogens with two attached hydrogens (primary N) is 1. The van der Waals surface area contributed by atoms with E-state index >= 15 is 0 Å². The number of halogens is 1. The fourth-order valence-corrected chi connectivity index (χ4v) is 5.25. The number of amides is 1. The lowest BCUT2D eigenvalue weighted by molar-refractivity contribution is -0.138. The molecule has 6 nitrogen and oxygen atoms in total. The Bertz CT molecular complexity index is 855. The van der Waals surface area contributed by atoms with Gasteiger partial charge in [0.15, 0.2) is 5.58 Å². The van der Waals surface area contributed by atoms with Gasteiger partial charge in [0.05, 0.1) is 5.92 Å². The van der Waals surface area contributed by atoms with E-state index in [-0.39, 0.29) is 17.9 Å². The maximum absolute atomic E-state index is 13.2. The molecule has 0 radical (unpaired) electrons. The molecule has 1 aromatic carbocycles. The van der Waals surface area contributed by atoms with Gasteiger partial charge in [0.1, 0.15) is 5.52 Å². The van der Waals surface area contributed by atoms with Crippen LogP contribution >= 0.6 is 11.6 Å². The van der Waals surface area contributed by atoms with Crippen molar-refractivity contribution in [2.45, 2.75) is 31.7 Å². The molecule has 2 aliphatic heterocycles. The summed E-state index contributed by atoms with van der Waals surface area (Å²) in [5, 5.41) is 0.645. The summed E-state index contributed by atoms with van der Waals surface area (Å²) in [6.07, 6.45) is 4.23. The van der Waals surface area contributed by atoms with Crippen LogP contribution in [0.4, 0.5) is 6.01 Å². The van der Waals surface area contributed by atoms with E-state index in [1.165, 1.54) is 0 Å². The minimum absolute atomic E-state index is 0.00562. The van der Waals surface area contributed by atoms with Crippen LogP contribution in [0.25, 0.3) is 11.1 Å². The summed E-state index contributed by atoms with van der Waals surface area (Å²) in [7, 11) is 0. The van der Waals surface area contributed by atoms with Gasteiger partial charge in [0.2, 0.25) is 5.91 Å². The van der Waals surface area contributed by atoms with Crippen molar-refractivity contribution in [1.29, 1.82) is 0 Å². The molecule has 7 heteroatoms. The van der Waals surface area contributed by atoms with Crippen molar-refractivity contribution in [3.8, 4) is 0 Å². The molecule has 1 amide bonds. The summed E-state index contributed by atoms with van der Waals surface area (Å²) in [6, 6.07) is 6.32. The quantitative estimate of drug-likeness (QED) is 0.856.